The summed E-state index contributed by atoms with van der Waals surface area (Å²) in [7, 11) is 0. The second-order valence-electron chi connectivity index (χ2n) is 11.3. The van der Waals surface area contributed by atoms with Gasteiger partial charge in [0.2, 0.25) is 0 Å². The van der Waals surface area contributed by atoms with E-state index in [0.717, 1.165) is 19.3 Å². The standard InChI is InChI=1S/C31H43NO2/c1-11-26-27-29(6,7)22(4)19-31(26,10)32(20-23(5)30(27,8)9)25-16-14-24(15-17-25)13-12-18-34-28(33)21(2)3/h14-17,19-20H,2,11-13,18H2,1,3-10H3. The zero-order chi connectivity index (χ0) is 25.5. The summed E-state index contributed by atoms with van der Waals surface area (Å²) in [5.41, 5.74) is 8.65. The number of hydrogen-bond donors (Lipinski definition) is 0. The van der Waals surface area contributed by atoms with Crippen LogP contribution in [0.15, 0.2) is 71.0 Å². The third kappa shape index (κ3) is 4.42. The quantitative estimate of drug-likeness (QED) is 0.179. The minimum atomic E-state index is -0.312. The number of benzene rings is 1. The molecule has 0 fully saturated rings. The van der Waals surface area contributed by atoms with Gasteiger partial charge in [0, 0.05) is 28.3 Å². The van der Waals surface area contributed by atoms with Crippen LogP contribution in [0.2, 0.25) is 0 Å². The third-order valence-corrected chi connectivity index (χ3v) is 8.21. The van der Waals surface area contributed by atoms with Crippen LogP contribution in [0.4, 0.5) is 5.69 Å². The van der Waals surface area contributed by atoms with Crippen molar-refractivity contribution in [1.82, 2.24) is 0 Å². The molecule has 0 spiro atoms. The molecular formula is C31H43NO2. The fourth-order valence-electron chi connectivity index (χ4n) is 5.84. The third-order valence-electron chi connectivity index (χ3n) is 8.21. The van der Waals surface area contributed by atoms with Gasteiger partial charge in [0.25, 0.3) is 0 Å². The van der Waals surface area contributed by atoms with Crippen molar-refractivity contribution in [1.29, 1.82) is 0 Å². The normalized spacial score (nSPS) is 23.1. The monoisotopic (exact) mass is 461 g/mol. The predicted molar refractivity (Wildman–Crippen MR) is 144 cm³/mol. The van der Waals surface area contributed by atoms with Crippen LogP contribution >= 0.6 is 0 Å². The minimum Gasteiger partial charge on any atom is -0.462 e. The van der Waals surface area contributed by atoms with Crippen molar-refractivity contribution in [2.24, 2.45) is 10.8 Å². The van der Waals surface area contributed by atoms with Crippen molar-refractivity contribution in [3.05, 3.63) is 76.5 Å². The van der Waals surface area contributed by atoms with Crippen molar-refractivity contribution < 1.29 is 9.53 Å². The van der Waals surface area contributed by atoms with E-state index in [9.17, 15) is 4.79 Å². The Kier molecular flexibility index (Phi) is 7.09. The molecule has 2 aliphatic rings. The number of ether oxygens (including phenoxy) is 1. The average Bonchev–Trinajstić information content (AvgIpc) is 2.82. The van der Waals surface area contributed by atoms with E-state index in [4.69, 9.17) is 4.74 Å². The number of aryl methyl sites for hydroxylation is 1. The number of carbonyl (C=O) groups excluding carboxylic acids is 1. The Morgan fingerprint density at radius 2 is 1.59 bits per heavy atom. The summed E-state index contributed by atoms with van der Waals surface area (Å²) in [6.45, 7) is 24.5. The van der Waals surface area contributed by atoms with E-state index in [1.54, 1.807) is 12.5 Å². The van der Waals surface area contributed by atoms with Crippen LogP contribution < -0.4 is 4.90 Å². The molecule has 0 radical (unpaired) electrons. The molecule has 0 aromatic heterocycles. The maximum absolute atomic E-state index is 11.6. The zero-order valence-corrected chi connectivity index (χ0v) is 22.8. The van der Waals surface area contributed by atoms with E-state index in [-0.39, 0.29) is 22.3 Å². The number of fused-ring (bicyclic) bond motifs is 1. The molecule has 0 amide bonds. The van der Waals surface area contributed by atoms with Crippen molar-refractivity contribution in [2.75, 3.05) is 11.5 Å². The second-order valence-corrected chi connectivity index (χ2v) is 11.3. The van der Waals surface area contributed by atoms with Gasteiger partial charge in [-0.2, -0.15) is 0 Å². The van der Waals surface area contributed by atoms with Gasteiger partial charge in [-0.15, -0.1) is 0 Å². The summed E-state index contributed by atoms with van der Waals surface area (Å²) in [5.74, 6) is -0.312. The first-order valence-corrected chi connectivity index (χ1v) is 12.6. The smallest absolute Gasteiger partial charge is 0.333 e. The number of rotatable bonds is 7. The molecule has 184 valence electrons. The van der Waals surface area contributed by atoms with Gasteiger partial charge in [0.15, 0.2) is 0 Å². The van der Waals surface area contributed by atoms with Gasteiger partial charge in [0.1, 0.15) is 0 Å². The highest BCUT2D eigenvalue weighted by molar-refractivity contribution is 5.86. The molecule has 1 aromatic carbocycles. The van der Waals surface area contributed by atoms with Gasteiger partial charge in [-0.25, -0.2) is 4.79 Å². The largest absolute Gasteiger partial charge is 0.462 e. The Balaban J connectivity index is 1.93. The van der Waals surface area contributed by atoms with E-state index < -0.39 is 0 Å². The second kappa shape index (κ2) is 9.24. The molecule has 1 aliphatic heterocycles. The zero-order valence-electron chi connectivity index (χ0n) is 22.8. The summed E-state index contributed by atoms with van der Waals surface area (Å²) in [6, 6.07) is 8.88. The maximum atomic E-state index is 11.6. The highest BCUT2D eigenvalue weighted by atomic mass is 16.5. The van der Waals surface area contributed by atoms with Crippen molar-refractivity contribution in [3.8, 4) is 0 Å². The van der Waals surface area contributed by atoms with Crippen LogP contribution in [0.1, 0.15) is 80.7 Å². The summed E-state index contributed by atoms with van der Waals surface area (Å²) >= 11 is 0. The summed E-state index contributed by atoms with van der Waals surface area (Å²) in [4.78, 5) is 14.0. The van der Waals surface area contributed by atoms with E-state index in [0.29, 0.717) is 12.2 Å². The van der Waals surface area contributed by atoms with Crippen molar-refractivity contribution >= 4 is 11.7 Å². The van der Waals surface area contributed by atoms with Crippen LogP contribution in [0.3, 0.4) is 0 Å². The predicted octanol–water partition coefficient (Wildman–Crippen LogP) is 7.94. The number of hydrogen-bond acceptors (Lipinski definition) is 3. The molecule has 3 nitrogen and oxygen atoms in total. The lowest BCUT2D eigenvalue weighted by Crippen LogP contribution is -2.47. The highest BCUT2D eigenvalue weighted by Crippen LogP contribution is 2.58. The lowest BCUT2D eigenvalue weighted by Gasteiger charge is -2.50. The first-order chi connectivity index (χ1) is 15.8. The molecule has 3 heteroatoms. The molecule has 1 aromatic rings. The number of nitrogens with zero attached hydrogens (tertiary/aromatic N) is 1. The lowest BCUT2D eigenvalue weighted by atomic mass is 9.58. The van der Waals surface area contributed by atoms with E-state index >= 15 is 0 Å². The van der Waals surface area contributed by atoms with E-state index in [1.807, 2.05) is 0 Å². The maximum Gasteiger partial charge on any atom is 0.333 e. The molecule has 1 unspecified atom stereocenters. The first kappa shape index (κ1) is 26.1. The Labute approximate surface area is 207 Å². The molecule has 3 rings (SSSR count). The molecule has 34 heavy (non-hydrogen) atoms. The van der Waals surface area contributed by atoms with Crippen LogP contribution in [-0.4, -0.2) is 18.1 Å². The molecule has 1 heterocycles. The number of esters is 1. The fourth-order valence-corrected chi connectivity index (χ4v) is 5.84. The van der Waals surface area contributed by atoms with Crippen LogP contribution in [-0.2, 0) is 16.0 Å². The van der Waals surface area contributed by atoms with Gasteiger partial charge >= 0.3 is 5.97 Å². The van der Waals surface area contributed by atoms with Crippen molar-refractivity contribution in [3.63, 3.8) is 0 Å². The summed E-state index contributed by atoms with van der Waals surface area (Å²) in [6.07, 6.45) is 7.57. The van der Waals surface area contributed by atoms with Gasteiger partial charge in [0.05, 0.1) is 12.1 Å². The van der Waals surface area contributed by atoms with E-state index in [1.165, 1.54) is 28.0 Å². The molecule has 2 bridgehead atoms. The van der Waals surface area contributed by atoms with Crippen molar-refractivity contribution in [2.45, 2.75) is 87.1 Å². The fraction of sp³-hybridized carbons (Fsp3) is 0.516. The van der Waals surface area contributed by atoms with Gasteiger partial charge in [-0.1, -0.05) is 65.0 Å². The van der Waals surface area contributed by atoms with Crippen LogP contribution in [0, 0.1) is 10.8 Å². The molecule has 0 N–H and O–H groups in total. The van der Waals surface area contributed by atoms with Crippen LogP contribution in [0.25, 0.3) is 0 Å². The topological polar surface area (TPSA) is 29.5 Å². The first-order valence-electron chi connectivity index (χ1n) is 12.6. The average molecular weight is 462 g/mol. The molecule has 0 saturated heterocycles. The van der Waals surface area contributed by atoms with Crippen LogP contribution in [0.5, 0.6) is 0 Å². The Hall–Kier alpha value is -2.55. The Bertz CT molecular complexity index is 1070. The highest BCUT2D eigenvalue weighted by Gasteiger charge is 2.50. The Morgan fingerprint density at radius 3 is 2.15 bits per heavy atom. The van der Waals surface area contributed by atoms with E-state index in [2.05, 4.69) is 103 Å². The lowest BCUT2D eigenvalue weighted by molar-refractivity contribution is -0.139. The van der Waals surface area contributed by atoms with Gasteiger partial charge < -0.3 is 9.64 Å². The number of carbonyl (C=O) groups is 1. The summed E-state index contributed by atoms with van der Waals surface area (Å²) < 4.78 is 5.23. The molecule has 0 saturated carbocycles. The molecule has 1 atom stereocenters. The SMILES string of the molecule is C=C(C)C(=O)OCCCc1ccc(N2C=C(C)C(C)(C)C3=C(CC)C2(C)C=C(C)C3(C)C)cc1. The number of anilines is 1. The molecular weight excluding hydrogens is 418 g/mol. The summed E-state index contributed by atoms with van der Waals surface area (Å²) in [5, 5.41) is 0. The number of allylic oxidation sites excluding steroid dienone is 3. The van der Waals surface area contributed by atoms with Gasteiger partial charge in [-0.05, 0) is 81.4 Å². The minimum absolute atomic E-state index is 0.0124. The molecule has 1 aliphatic carbocycles. The Morgan fingerprint density at radius 1 is 1.00 bits per heavy atom. The van der Waals surface area contributed by atoms with Gasteiger partial charge in [-0.3, -0.25) is 0 Å².